The zero-order valence-corrected chi connectivity index (χ0v) is 13.3. The number of nitrogens with zero attached hydrogens (tertiary/aromatic N) is 1. The average Bonchev–Trinajstić information content (AvgIpc) is 2.24. The maximum atomic E-state index is 11.7. The predicted octanol–water partition coefficient (Wildman–Crippen LogP) is 0.797. The minimum atomic E-state index is -3.17. The first-order valence-electron chi connectivity index (χ1n) is 7.03. The lowest BCUT2D eigenvalue weighted by Crippen LogP contribution is -2.46. The molecule has 0 amide bonds. The van der Waals surface area contributed by atoms with E-state index in [2.05, 4.69) is 9.62 Å². The normalized spacial score (nSPS) is 22.9. The Balaban J connectivity index is 2.44. The van der Waals surface area contributed by atoms with Crippen LogP contribution in [0.15, 0.2) is 0 Å². The van der Waals surface area contributed by atoms with Crippen molar-refractivity contribution in [3.8, 4) is 0 Å². The summed E-state index contributed by atoms with van der Waals surface area (Å²) >= 11 is 0. The summed E-state index contributed by atoms with van der Waals surface area (Å²) in [7, 11) is -3.17. The van der Waals surface area contributed by atoms with Gasteiger partial charge in [0.25, 0.3) is 0 Å². The topological polar surface area (TPSA) is 69.6 Å². The van der Waals surface area contributed by atoms with Crippen molar-refractivity contribution in [3.63, 3.8) is 0 Å². The molecule has 0 radical (unpaired) electrons. The lowest BCUT2D eigenvalue weighted by molar-refractivity contribution is 0.0220. The first-order chi connectivity index (χ1) is 8.60. The highest BCUT2D eigenvalue weighted by molar-refractivity contribution is 7.90. The van der Waals surface area contributed by atoms with Crippen LogP contribution in [0.2, 0.25) is 0 Å². The fourth-order valence-electron chi connectivity index (χ4n) is 2.41. The molecule has 0 unspecified atom stereocenters. The number of nitrogens with one attached hydrogen (secondary N) is 1. The first-order valence-corrected chi connectivity index (χ1v) is 8.58. The van der Waals surface area contributed by atoms with E-state index in [-0.39, 0.29) is 5.25 Å². The second-order valence-electron chi connectivity index (χ2n) is 6.50. The number of likely N-dealkylation sites (tertiary alicyclic amines) is 1. The highest BCUT2D eigenvalue weighted by Crippen LogP contribution is 2.18. The number of aliphatic hydroxyl groups is 1. The minimum Gasteiger partial charge on any atom is -0.389 e. The molecule has 1 aliphatic rings. The number of rotatable bonds is 6. The summed E-state index contributed by atoms with van der Waals surface area (Å²) in [6.45, 7) is 9.95. The smallest absolute Gasteiger partial charge is 0.213 e. The van der Waals surface area contributed by atoms with Crippen molar-refractivity contribution in [1.82, 2.24) is 9.62 Å². The third-order valence-corrected chi connectivity index (χ3v) is 5.22. The lowest BCUT2D eigenvalue weighted by Gasteiger charge is -2.36. The molecular weight excluding hydrogens is 264 g/mol. The van der Waals surface area contributed by atoms with Gasteiger partial charge in [-0.05, 0) is 53.0 Å². The van der Waals surface area contributed by atoms with Crippen LogP contribution in [0.25, 0.3) is 0 Å². The van der Waals surface area contributed by atoms with Crippen LogP contribution >= 0.6 is 0 Å². The Morgan fingerprint density at radius 1 is 1.42 bits per heavy atom. The molecule has 1 rings (SSSR count). The molecule has 0 aromatic heterocycles. The number of hydrogen-bond acceptors (Lipinski definition) is 4. The van der Waals surface area contributed by atoms with E-state index in [9.17, 15) is 13.5 Å². The Labute approximate surface area is 117 Å². The van der Waals surface area contributed by atoms with Gasteiger partial charge in [-0.1, -0.05) is 0 Å². The molecule has 5 nitrogen and oxygen atoms in total. The van der Waals surface area contributed by atoms with E-state index in [1.807, 2.05) is 0 Å². The minimum absolute atomic E-state index is 0.338. The van der Waals surface area contributed by atoms with Gasteiger partial charge in [0, 0.05) is 19.6 Å². The van der Waals surface area contributed by atoms with E-state index in [1.54, 1.807) is 27.7 Å². The number of β-amino-alcohol motifs (C(OH)–C–C–N with tert-alkyl or cyclic N) is 1. The predicted molar refractivity (Wildman–Crippen MR) is 77.5 cm³/mol. The van der Waals surface area contributed by atoms with E-state index in [0.717, 1.165) is 25.9 Å². The van der Waals surface area contributed by atoms with Crippen LogP contribution < -0.4 is 4.72 Å². The van der Waals surface area contributed by atoms with Crippen LogP contribution in [0, 0.1) is 5.92 Å². The Hall–Kier alpha value is -0.170. The van der Waals surface area contributed by atoms with Gasteiger partial charge in [0.2, 0.25) is 10.0 Å². The molecule has 0 aromatic carbocycles. The van der Waals surface area contributed by atoms with Crippen molar-refractivity contribution >= 4 is 10.0 Å². The summed E-state index contributed by atoms with van der Waals surface area (Å²) in [6, 6.07) is 0. The van der Waals surface area contributed by atoms with Crippen LogP contribution in [0.5, 0.6) is 0 Å². The molecule has 1 fully saturated rings. The molecule has 0 aromatic rings. The van der Waals surface area contributed by atoms with Gasteiger partial charge < -0.3 is 10.0 Å². The molecule has 1 atom stereocenters. The van der Waals surface area contributed by atoms with E-state index >= 15 is 0 Å². The SMILES string of the molecule is CC(C)S(=O)(=O)NC[C@@H]1CCCN(CC(C)(C)O)C1. The largest absolute Gasteiger partial charge is 0.389 e. The fourth-order valence-corrected chi connectivity index (χ4v) is 3.21. The molecule has 0 aliphatic carbocycles. The van der Waals surface area contributed by atoms with Gasteiger partial charge in [0.15, 0.2) is 0 Å². The van der Waals surface area contributed by atoms with Gasteiger partial charge in [-0.2, -0.15) is 0 Å². The summed E-state index contributed by atoms with van der Waals surface area (Å²) in [5.74, 6) is 0.338. The summed E-state index contributed by atoms with van der Waals surface area (Å²) in [5.41, 5.74) is -0.695. The van der Waals surface area contributed by atoms with Crippen molar-refractivity contribution in [1.29, 1.82) is 0 Å². The molecule has 6 heteroatoms. The second-order valence-corrected chi connectivity index (χ2v) is 8.82. The van der Waals surface area contributed by atoms with Gasteiger partial charge in [-0.25, -0.2) is 13.1 Å². The number of sulfonamides is 1. The maximum absolute atomic E-state index is 11.7. The monoisotopic (exact) mass is 292 g/mol. The van der Waals surface area contributed by atoms with Crippen LogP contribution in [-0.2, 0) is 10.0 Å². The number of piperidine rings is 1. The molecule has 1 aliphatic heterocycles. The highest BCUT2D eigenvalue weighted by atomic mass is 32.2. The Morgan fingerprint density at radius 2 is 2.05 bits per heavy atom. The second kappa shape index (κ2) is 6.52. The van der Waals surface area contributed by atoms with Crippen LogP contribution in [0.4, 0.5) is 0 Å². The van der Waals surface area contributed by atoms with Crippen molar-refractivity contribution < 1.29 is 13.5 Å². The molecule has 1 heterocycles. The Bertz CT molecular complexity index is 374. The molecule has 2 N–H and O–H groups in total. The van der Waals surface area contributed by atoms with E-state index in [1.165, 1.54) is 0 Å². The van der Waals surface area contributed by atoms with E-state index < -0.39 is 15.6 Å². The quantitative estimate of drug-likeness (QED) is 0.760. The van der Waals surface area contributed by atoms with Gasteiger partial charge in [0.05, 0.1) is 10.9 Å². The Kier molecular flexibility index (Phi) is 5.79. The fraction of sp³-hybridized carbons (Fsp3) is 1.00. The summed E-state index contributed by atoms with van der Waals surface area (Å²) in [6.07, 6.45) is 2.10. The summed E-state index contributed by atoms with van der Waals surface area (Å²) in [4.78, 5) is 2.22. The first kappa shape index (κ1) is 16.9. The van der Waals surface area contributed by atoms with E-state index in [4.69, 9.17) is 0 Å². The van der Waals surface area contributed by atoms with Gasteiger partial charge in [-0.15, -0.1) is 0 Å². The Morgan fingerprint density at radius 3 is 2.58 bits per heavy atom. The summed E-state index contributed by atoms with van der Waals surface area (Å²) < 4.78 is 26.1. The third kappa shape index (κ3) is 6.21. The average molecular weight is 292 g/mol. The van der Waals surface area contributed by atoms with Gasteiger partial charge >= 0.3 is 0 Å². The molecular formula is C13H28N2O3S. The molecule has 0 saturated carbocycles. The van der Waals surface area contributed by atoms with Crippen molar-refractivity contribution in [2.24, 2.45) is 5.92 Å². The molecule has 19 heavy (non-hydrogen) atoms. The maximum Gasteiger partial charge on any atom is 0.213 e. The highest BCUT2D eigenvalue weighted by Gasteiger charge is 2.26. The molecule has 0 bridgehead atoms. The molecule has 0 spiro atoms. The molecule has 1 saturated heterocycles. The molecule has 114 valence electrons. The third-order valence-electron chi connectivity index (χ3n) is 3.41. The zero-order valence-electron chi connectivity index (χ0n) is 12.5. The van der Waals surface area contributed by atoms with Crippen molar-refractivity contribution in [3.05, 3.63) is 0 Å². The lowest BCUT2D eigenvalue weighted by atomic mass is 9.97. The van der Waals surface area contributed by atoms with Gasteiger partial charge in [-0.3, -0.25) is 0 Å². The summed E-state index contributed by atoms with van der Waals surface area (Å²) in [5, 5.41) is 9.45. The number of hydrogen-bond donors (Lipinski definition) is 2. The van der Waals surface area contributed by atoms with Crippen molar-refractivity contribution in [2.75, 3.05) is 26.2 Å². The van der Waals surface area contributed by atoms with Gasteiger partial charge in [0.1, 0.15) is 0 Å². The van der Waals surface area contributed by atoms with Crippen molar-refractivity contribution in [2.45, 2.75) is 51.4 Å². The van der Waals surface area contributed by atoms with Crippen LogP contribution in [-0.4, -0.2) is 55.5 Å². The van der Waals surface area contributed by atoms with Crippen LogP contribution in [0.1, 0.15) is 40.5 Å². The van der Waals surface area contributed by atoms with Crippen LogP contribution in [0.3, 0.4) is 0 Å². The standard InChI is InChI=1S/C13H28N2O3S/c1-11(2)19(17,18)14-8-12-6-5-7-15(9-12)10-13(3,4)16/h11-12,14,16H,5-10H2,1-4H3/t12-/m0/s1. The van der Waals surface area contributed by atoms with E-state index in [0.29, 0.717) is 19.0 Å². The zero-order chi connectivity index (χ0) is 14.7.